The minimum atomic E-state index is -1.13. The van der Waals surface area contributed by atoms with Crippen molar-refractivity contribution in [3.05, 3.63) is 85.6 Å². The summed E-state index contributed by atoms with van der Waals surface area (Å²) in [5.41, 5.74) is 1.14. The molecule has 1 saturated heterocycles. The molecule has 3 aromatic rings. The molecule has 6 N–H and O–H groups in total. The number of nitrogens with zero attached hydrogens (tertiary/aromatic N) is 1. The zero-order valence-corrected chi connectivity index (χ0v) is 20.1. The molecule has 1 aromatic heterocycles. The summed E-state index contributed by atoms with van der Waals surface area (Å²) in [4.78, 5) is 57.8. The summed E-state index contributed by atoms with van der Waals surface area (Å²) in [5, 5.41) is 24.7. The second-order valence-electron chi connectivity index (χ2n) is 8.25. The van der Waals surface area contributed by atoms with Gasteiger partial charge in [-0.1, -0.05) is 30.0 Å². The van der Waals surface area contributed by atoms with Gasteiger partial charge in [0.25, 0.3) is 5.56 Å². The average Bonchev–Trinajstić information content (AvgIpc) is 3.14. The van der Waals surface area contributed by atoms with Crippen LogP contribution in [0.15, 0.2) is 57.0 Å². The summed E-state index contributed by atoms with van der Waals surface area (Å²) in [7, 11) is 0. The Morgan fingerprint density at radius 1 is 1.06 bits per heavy atom. The molecule has 0 saturated carbocycles. The fraction of sp³-hybridized carbons (Fsp3) is 0.208. The number of amides is 2. The highest BCUT2D eigenvalue weighted by Crippen LogP contribution is 2.32. The first-order valence-corrected chi connectivity index (χ1v) is 11.8. The lowest BCUT2D eigenvalue weighted by atomic mass is 10.0. The Kier molecular flexibility index (Phi) is 6.97. The van der Waals surface area contributed by atoms with Crippen LogP contribution in [-0.4, -0.2) is 42.4 Å². The maximum absolute atomic E-state index is 12.6. The molecule has 2 aromatic carbocycles. The molecule has 0 aliphatic carbocycles. The molecule has 2 heterocycles. The SMILES string of the molecule is Cc1ccc(NC(=O)CC2SC(=NC(c3ccc(O)cc3)c3c(O)[nH]c(=O)[nH]c3=O)NC2=O)cc1C. The van der Waals surface area contributed by atoms with Crippen molar-refractivity contribution in [1.82, 2.24) is 15.3 Å². The van der Waals surface area contributed by atoms with Gasteiger partial charge in [0.2, 0.25) is 17.7 Å². The number of amidine groups is 1. The number of hydrogen-bond acceptors (Lipinski definition) is 8. The number of aromatic amines is 2. The predicted octanol–water partition coefficient (Wildman–Crippen LogP) is 1.80. The molecule has 0 spiro atoms. The van der Waals surface area contributed by atoms with Crippen molar-refractivity contribution < 1.29 is 19.8 Å². The van der Waals surface area contributed by atoms with E-state index in [1.807, 2.05) is 31.0 Å². The van der Waals surface area contributed by atoms with E-state index in [0.717, 1.165) is 22.9 Å². The molecule has 1 aliphatic heterocycles. The summed E-state index contributed by atoms with van der Waals surface area (Å²) < 4.78 is 0. The Balaban J connectivity index is 1.58. The monoisotopic (exact) mass is 509 g/mol. The van der Waals surface area contributed by atoms with E-state index in [2.05, 4.69) is 20.6 Å². The highest BCUT2D eigenvalue weighted by atomic mass is 32.2. The number of anilines is 1. The Morgan fingerprint density at radius 3 is 2.44 bits per heavy atom. The number of aryl methyl sites for hydroxylation is 2. The van der Waals surface area contributed by atoms with Gasteiger partial charge in [-0.2, -0.15) is 0 Å². The van der Waals surface area contributed by atoms with Gasteiger partial charge in [-0.25, -0.2) is 9.79 Å². The number of benzene rings is 2. The van der Waals surface area contributed by atoms with Crippen LogP contribution >= 0.6 is 11.8 Å². The molecule has 1 aliphatic rings. The van der Waals surface area contributed by atoms with Gasteiger partial charge in [-0.15, -0.1) is 0 Å². The molecule has 0 bridgehead atoms. The number of carbonyl (C=O) groups excluding carboxylic acids is 2. The number of aliphatic imine (C=N–C) groups is 1. The first kappa shape index (κ1) is 24.8. The van der Waals surface area contributed by atoms with Crippen LogP contribution in [0.4, 0.5) is 5.69 Å². The molecule has 2 atom stereocenters. The number of hydrogen-bond donors (Lipinski definition) is 6. The standard InChI is InChI=1S/C24H23N5O6S/c1-11-3-6-14(9-12(11)2)25-17(31)10-16-20(32)29-24(36-16)26-19(13-4-7-15(30)8-5-13)18-21(33)27-23(35)28-22(18)34/h3-9,16,19,30H,10H2,1-2H3,(H,25,31)(H,26,29,32)(H3,27,28,33,34,35). The molecule has 4 rings (SSSR count). The van der Waals surface area contributed by atoms with E-state index in [0.29, 0.717) is 11.3 Å². The summed E-state index contributed by atoms with van der Waals surface area (Å²) in [6, 6.07) is 10.1. The number of carbonyl (C=O) groups is 2. The number of nitrogens with one attached hydrogen (secondary N) is 4. The molecule has 12 heteroatoms. The second kappa shape index (κ2) is 10.1. The molecular formula is C24H23N5O6S. The largest absolute Gasteiger partial charge is 0.508 e. The summed E-state index contributed by atoms with van der Waals surface area (Å²) in [6.07, 6.45) is -0.114. The third-order valence-electron chi connectivity index (χ3n) is 5.63. The van der Waals surface area contributed by atoms with E-state index in [4.69, 9.17) is 0 Å². The molecule has 11 nitrogen and oxygen atoms in total. The predicted molar refractivity (Wildman–Crippen MR) is 135 cm³/mol. The van der Waals surface area contributed by atoms with Gasteiger partial charge in [-0.3, -0.25) is 24.4 Å². The van der Waals surface area contributed by atoms with Crippen LogP contribution in [0.2, 0.25) is 0 Å². The highest BCUT2D eigenvalue weighted by Gasteiger charge is 2.33. The molecule has 36 heavy (non-hydrogen) atoms. The lowest BCUT2D eigenvalue weighted by molar-refractivity contribution is -0.122. The first-order chi connectivity index (χ1) is 17.1. The van der Waals surface area contributed by atoms with Gasteiger partial charge in [-0.05, 0) is 54.8 Å². The summed E-state index contributed by atoms with van der Waals surface area (Å²) >= 11 is 1.01. The average molecular weight is 510 g/mol. The minimum Gasteiger partial charge on any atom is -0.508 e. The maximum atomic E-state index is 12.6. The molecule has 186 valence electrons. The number of phenols is 1. The van der Waals surface area contributed by atoms with E-state index < -0.39 is 34.3 Å². The van der Waals surface area contributed by atoms with Gasteiger partial charge >= 0.3 is 5.69 Å². The molecule has 2 unspecified atom stereocenters. The van der Waals surface area contributed by atoms with Crippen LogP contribution in [0, 0.1) is 13.8 Å². The van der Waals surface area contributed by atoms with E-state index in [1.165, 1.54) is 24.3 Å². The fourth-order valence-corrected chi connectivity index (χ4v) is 4.61. The van der Waals surface area contributed by atoms with Crippen molar-refractivity contribution in [3.8, 4) is 11.6 Å². The number of thioether (sulfide) groups is 1. The van der Waals surface area contributed by atoms with E-state index in [1.54, 1.807) is 6.07 Å². The minimum absolute atomic E-state index is 0.0249. The molecular weight excluding hydrogens is 486 g/mol. The van der Waals surface area contributed by atoms with Crippen LogP contribution in [0.3, 0.4) is 0 Å². The number of aromatic nitrogens is 2. The smallest absolute Gasteiger partial charge is 0.328 e. The number of aromatic hydroxyl groups is 2. The zero-order valence-electron chi connectivity index (χ0n) is 19.3. The van der Waals surface area contributed by atoms with Crippen molar-refractivity contribution in [2.24, 2.45) is 4.99 Å². The lowest BCUT2D eigenvalue weighted by Crippen LogP contribution is -2.29. The van der Waals surface area contributed by atoms with Crippen molar-refractivity contribution in [3.63, 3.8) is 0 Å². The van der Waals surface area contributed by atoms with Crippen molar-refractivity contribution in [2.75, 3.05) is 5.32 Å². The van der Waals surface area contributed by atoms with Crippen LogP contribution in [0.5, 0.6) is 11.6 Å². The third-order valence-corrected chi connectivity index (χ3v) is 6.72. The van der Waals surface area contributed by atoms with E-state index in [-0.39, 0.29) is 28.8 Å². The Hall–Kier alpha value is -4.32. The number of phenolic OH excluding ortho intramolecular Hbond substituents is 1. The van der Waals surface area contributed by atoms with E-state index in [9.17, 15) is 29.4 Å². The van der Waals surface area contributed by atoms with Crippen molar-refractivity contribution >= 4 is 34.4 Å². The van der Waals surface area contributed by atoms with Crippen LogP contribution < -0.4 is 21.9 Å². The quantitative estimate of drug-likeness (QED) is 0.293. The van der Waals surface area contributed by atoms with E-state index >= 15 is 0 Å². The molecule has 2 amide bonds. The maximum Gasteiger partial charge on any atom is 0.328 e. The number of H-pyrrole nitrogens is 2. The Morgan fingerprint density at radius 2 is 1.78 bits per heavy atom. The number of rotatable bonds is 6. The van der Waals surface area contributed by atoms with Crippen LogP contribution in [0.25, 0.3) is 0 Å². The molecule has 0 radical (unpaired) electrons. The second-order valence-corrected chi connectivity index (χ2v) is 9.44. The van der Waals surface area contributed by atoms with Crippen LogP contribution in [0.1, 0.15) is 34.7 Å². The summed E-state index contributed by atoms with van der Waals surface area (Å²) in [5.74, 6) is -1.48. The Bertz CT molecular complexity index is 1480. The van der Waals surface area contributed by atoms with Crippen LogP contribution in [-0.2, 0) is 9.59 Å². The summed E-state index contributed by atoms with van der Waals surface area (Å²) in [6.45, 7) is 3.90. The Labute approximate surface area is 208 Å². The van der Waals surface area contributed by atoms with Crippen molar-refractivity contribution in [2.45, 2.75) is 31.6 Å². The zero-order chi connectivity index (χ0) is 26.0. The first-order valence-electron chi connectivity index (χ1n) is 10.9. The van der Waals surface area contributed by atoms with Gasteiger partial charge in [0.15, 0.2) is 5.17 Å². The highest BCUT2D eigenvalue weighted by molar-refractivity contribution is 8.15. The topological polar surface area (TPSA) is 177 Å². The lowest BCUT2D eigenvalue weighted by Gasteiger charge is -2.14. The van der Waals surface area contributed by atoms with Gasteiger partial charge in [0.05, 0.1) is 0 Å². The van der Waals surface area contributed by atoms with Gasteiger partial charge in [0, 0.05) is 12.1 Å². The fourth-order valence-electron chi connectivity index (χ4n) is 3.62. The van der Waals surface area contributed by atoms with Gasteiger partial charge in [0.1, 0.15) is 22.6 Å². The molecule has 1 fully saturated rings. The normalized spacial score (nSPS) is 17.1. The van der Waals surface area contributed by atoms with Crippen molar-refractivity contribution in [1.29, 1.82) is 0 Å². The van der Waals surface area contributed by atoms with Gasteiger partial charge < -0.3 is 20.8 Å². The third kappa shape index (κ3) is 5.49.